The molecular weight excluding hydrogens is 412 g/mol. The van der Waals surface area contributed by atoms with Gasteiger partial charge in [0, 0.05) is 18.5 Å². The van der Waals surface area contributed by atoms with Crippen LogP contribution in [-0.4, -0.2) is 62.0 Å². The number of alkyl carbamates (subject to hydrolysis) is 1. The predicted octanol–water partition coefficient (Wildman–Crippen LogP) is 2.93. The molecule has 1 aliphatic carbocycles. The van der Waals surface area contributed by atoms with Crippen LogP contribution in [0.4, 0.5) is 4.79 Å². The summed E-state index contributed by atoms with van der Waals surface area (Å²) in [7, 11) is 3.77. The summed E-state index contributed by atoms with van der Waals surface area (Å²) in [5.74, 6) is 1.01. The first-order valence-electron chi connectivity index (χ1n) is 11.0. The fourth-order valence-electron chi connectivity index (χ4n) is 4.82. The van der Waals surface area contributed by atoms with Crippen molar-refractivity contribution < 1.29 is 28.5 Å². The molecule has 174 valence electrons. The number of amides is 1. The van der Waals surface area contributed by atoms with Gasteiger partial charge in [-0.2, -0.15) is 0 Å². The fraction of sp³-hybridized carbons (Fsp3) is 0.583. The molecule has 3 aliphatic rings. The maximum atomic E-state index is 12.3. The summed E-state index contributed by atoms with van der Waals surface area (Å²) in [6.45, 7) is 6.83. The van der Waals surface area contributed by atoms with Gasteiger partial charge in [0.05, 0.1) is 12.5 Å². The largest absolute Gasteiger partial charge is 0.493 e. The number of nitrogens with zero attached hydrogens (tertiary/aromatic N) is 1. The maximum absolute atomic E-state index is 12.3. The van der Waals surface area contributed by atoms with Crippen LogP contribution in [0.15, 0.2) is 24.3 Å². The molecule has 0 radical (unpaired) electrons. The van der Waals surface area contributed by atoms with E-state index in [0.29, 0.717) is 6.42 Å². The molecule has 0 unspecified atom stereocenters. The van der Waals surface area contributed by atoms with E-state index < -0.39 is 23.8 Å². The number of benzene rings is 1. The van der Waals surface area contributed by atoms with Crippen LogP contribution in [0.25, 0.3) is 0 Å². The SMILES string of the molecule is COc1ccc2c3c1O[C@H]1C[C@H](OC(=O)CNC(=O)OC(C)(C)C)C=C[C@@]31CCN(C)C2. The lowest BCUT2D eigenvalue weighted by atomic mass is 9.69. The molecule has 8 heteroatoms. The lowest BCUT2D eigenvalue weighted by Crippen LogP contribution is -2.44. The second-order valence-electron chi connectivity index (χ2n) is 9.74. The van der Waals surface area contributed by atoms with Crippen LogP contribution in [0.3, 0.4) is 0 Å². The fourth-order valence-corrected chi connectivity index (χ4v) is 4.82. The number of nitrogens with one attached hydrogen (secondary N) is 1. The molecule has 1 amide bonds. The zero-order valence-electron chi connectivity index (χ0n) is 19.4. The standard InChI is InChI=1S/C24H32N2O6/c1-23(2,3)32-22(28)25-13-19(27)30-16-8-9-24-10-11-26(4)14-15-6-7-17(29-5)21(20(15)24)31-18(24)12-16/h6-9,16,18H,10-14H2,1-5H3,(H,25,28)/t16-,18+,24+/m1/s1. The zero-order valence-corrected chi connectivity index (χ0v) is 19.4. The van der Waals surface area contributed by atoms with Gasteiger partial charge in [0.2, 0.25) is 0 Å². The van der Waals surface area contributed by atoms with Gasteiger partial charge in [0.15, 0.2) is 11.5 Å². The molecule has 0 saturated heterocycles. The zero-order chi connectivity index (χ0) is 23.1. The van der Waals surface area contributed by atoms with E-state index in [1.165, 1.54) is 11.1 Å². The third kappa shape index (κ3) is 4.28. The van der Waals surface area contributed by atoms with Crippen molar-refractivity contribution >= 4 is 12.1 Å². The van der Waals surface area contributed by atoms with Crippen LogP contribution < -0.4 is 14.8 Å². The van der Waals surface area contributed by atoms with Gasteiger partial charge in [-0.1, -0.05) is 12.1 Å². The van der Waals surface area contributed by atoms with Gasteiger partial charge in [-0.3, -0.25) is 4.79 Å². The summed E-state index contributed by atoms with van der Waals surface area (Å²) in [6, 6.07) is 4.08. The average Bonchev–Trinajstić information content (AvgIpc) is 2.97. The van der Waals surface area contributed by atoms with Crippen molar-refractivity contribution in [2.45, 2.75) is 63.4 Å². The summed E-state index contributed by atoms with van der Waals surface area (Å²) in [4.78, 5) is 26.4. The maximum Gasteiger partial charge on any atom is 0.408 e. The molecule has 1 aromatic carbocycles. The molecule has 1 aromatic rings. The number of rotatable bonds is 4. The summed E-state index contributed by atoms with van der Waals surface area (Å²) in [5, 5.41) is 2.44. The number of carbonyl (C=O) groups is 2. The van der Waals surface area contributed by atoms with Crippen LogP contribution in [0.5, 0.6) is 11.5 Å². The molecule has 1 spiro atoms. The van der Waals surface area contributed by atoms with E-state index in [9.17, 15) is 9.59 Å². The Labute approximate surface area is 188 Å². The lowest BCUT2D eigenvalue weighted by molar-refractivity contribution is -0.147. The average molecular weight is 445 g/mol. The van der Waals surface area contributed by atoms with Crippen molar-refractivity contribution in [1.82, 2.24) is 10.2 Å². The molecule has 3 atom stereocenters. The molecule has 32 heavy (non-hydrogen) atoms. The van der Waals surface area contributed by atoms with Crippen molar-refractivity contribution in [3.63, 3.8) is 0 Å². The number of methoxy groups -OCH3 is 1. The highest BCUT2D eigenvalue weighted by Crippen LogP contribution is 2.55. The van der Waals surface area contributed by atoms with E-state index in [1.807, 2.05) is 12.1 Å². The first-order valence-corrected chi connectivity index (χ1v) is 11.0. The predicted molar refractivity (Wildman–Crippen MR) is 118 cm³/mol. The van der Waals surface area contributed by atoms with Crippen LogP contribution in [0.2, 0.25) is 0 Å². The molecule has 8 nitrogen and oxygen atoms in total. The second kappa shape index (κ2) is 8.31. The lowest BCUT2D eigenvalue weighted by Gasteiger charge is -2.36. The van der Waals surface area contributed by atoms with Gasteiger partial charge in [0.25, 0.3) is 0 Å². The first kappa shape index (κ1) is 22.5. The monoisotopic (exact) mass is 444 g/mol. The summed E-state index contributed by atoms with van der Waals surface area (Å²) in [5.41, 5.74) is 1.54. The van der Waals surface area contributed by atoms with Crippen LogP contribution in [0.1, 0.15) is 44.7 Å². The Balaban J connectivity index is 1.47. The molecule has 2 heterocycles. The first-order chi connectivity index (χ1) is 15.1. The van der Waals surface area contributed by atoms with Crippen molar-refractivity contribution in [2.24, 2.45) is 0 Å². The van der Waals surface area contributed by atoms with E-state index >= 15 is 0 Å². The van der Waals surface area contributed by atoms with Crippen molar-refractivity contribution in [1.29, 1.82) is 0 Å². The minimum absolute atomic E-state index is 0.152. The highest BCUT2D eigenvalue weighted by molar-refractivity contribution is 5.78. The summed E-state index contributed by atoms with van der Waals surface area (Å²) < 4.78 is 22.8. The Morgan fingerprint density at radius 3 is 2.81 bits per heavy atom. The van der Waals surface area contributed by atoms with Crippen LogP contribution in [-0.2, 0) is 26.2 Å². The Bertz CT molecular complexity index is 937. The third-order valence-corrected chi connectivity index (χ3v) is 6.19. The Hall–Kier alpha value is -2.74. The molecular formula is C24H32N2O6. The molecule has 2 aliphatic heterocycles. The summed E-state index contributed by atoms with van der Waals surface area (Å²) >= 11 is 0. The Kier molecular flexibility index (Phi) is 5.83. The molecule has 0 fully saturated rings. The topological polar surface area (TPSA) is 86.3 Å². The normalized spacial score (nSPS) is 26.3. The van der Waals surface area contributed by atoms with Crippen molar-refractivity contribution in [3.05, 3.63) is 35.4 Å². The number of esters is 1. The highest BCUT2D eigenvalue weighted by atomic mass is 16.6. The number of hydrogen-bond acceptors (Lipinski definition) is 7. The molecule has 0 bridgehead atoms. The van der Waals surface area contributed by atoms with E-state index in [0.717, 1.165) is 31.0 Å². The minimum atomic E-state index is -0.649. The van der Waals surface area contributed by atoms with Gasteiger partial charge < -0.3 is 29.2 Å². The van der Waals surface area contributed by atoms with E-state index in [4.69, 9.17) is 18.9 Å². The molecule has 0 saturated carbocycles. The van der Waals surface area contributed by atoms with Crippen LogP contribution >= 0.6 is 0 Å². The van der Waals surface area contributed by atoms with E-state index in [-0.39, 0.29) is 18.1 Å². The van der Waals surface area contributed by atoms with E-state index in [1.54, 1.807) is 27.9 Å². The van der Waals surface area contributed by atoms with Crippen molar-refractivity contribution in [2.75, 3.05) is 27.2 Å². The summed E-state index contributed by atoms with van der Waals surface area (Å²) in [6.07, 6.45) is 4.32. The van der Waals surface area contributed by atoms with Gasteiger partial charge in [0.1, 0.15) is 24.4 Å². The number of hydrogen-bond donors (Lipinski definition) is 1. The third-order valence-electron chi connectivity index (χ3n) is 6.19. The second-order valence-corrected chi connectivity index (χ2v) is 9.74. The minimum Gasteiger partial charge on any atom is -0.493 e. The number of carbonyl (C=O) groups excluding carboxylic acids is 2. The molecule has 0 aromatic heterocycles. The van der Waals surface area contributed by atoms with Crippen molar-refractivity contribution in [3.8, 4) is 11.5 Å². The quantitative estimate of drug-likeness (QED) is 0.564. The molecule has 4 rings (SSSR count). The molecule has 1 N–H and O–H groups in total. The van der Waals surface area contributed by atoms with E-state index in [2.05, 4.69) is 29.4 Å². The smallest absolute Gasteiger partial charge is 0.408 e. The van der Waals surface area contributed by atoms with Gasteiger partial charge in [-0.25, -0.2) is 4.79 Å². The Morgan fingerprint density at radius 2 is 2.09 bits per heavy atom. The number of ether oxygens (including phenoxy) is 4. The van der Waals surface area contributed by atoms with Gasteiger partial charge in [-0.05, 0) is 58.5 Å². The van der Waals surface area contributed by atoms with Gasteiger partial charge >= 0.3 is 12.1 Å². The highest BCUT2D eigenvalue weighted by Gasteiger charge is 2.53. The van der Waals surface area contributed by atoms with Gasteiger partial charge in [-0.15, -0.1) is 0 Å². The Morgan fingerprint density at radius 1 is 1.31 bits per heavy atom. The van der Waals surface area contributed by atoms with Crippen LogP contribution in [0, 0.1) is 0 Å².